The summed E-state index contributed by atoms with van der Waals surface area (Å²) in [4.78, 5) is 0. The highest BCUT2D eigenvalue weighted by Gasteiger charge is 2.01. The Bertz CT molecular complexity index is 485. The van der Waals surface area contributed by atoms with Gasteiger partial charge in [-0.3, -0.25) is 0 Å². The summed E-state index contributed by atoms with van der Waals surface area (Å²) in [7, 11) is 1.62. The van der Waals surface area contributed by atoms with E-state index in [1.165, 1.54) is 11.1 Å². The van der Waals surface area contributed by atoms with Crippen LogP contribution in [0.5, 0.6) is 5.75 Å². The normalized spacial score (nSPS) is 10.6. The molecule has 18 heavy (non-hydrogen) atoms. The van der Waals surface area contributed by atoms with Crippen LogP contribution < -0.4 is 10.1 Å². The molecule has 2 nitrogen and oxygen atoms in total. The number of hydrogen-bond donors (Lipinski definition) is 1. The summed E-state index contributed by atoms with van der Waals surface area (Å²) in [5.41, 5.74) is 2.56. The maximum Gasteiger partial charge on any atom is 0.137 e. The zero-order valence-corrected chi connectivity index (χ0v) is 11.9. The topological polar surface area (TPSA) is 21.3 Å². The lowest BCUT2D eigenvalue weighted by molar-refractivity contribution is 0.415. The van der Waals surface area contributed by atoms with Gasteiger partial charge in [0.1, 0.15) is 5.75 Å². The van der Waals surface area contributed by atoms with Gasteiger partial charge in [0.15, 0.2) is 0 Å². The lowest BCUT2D eigenvalue weighted by Gasteiger charge is -2.07. The molecule has 0 unspecified atom stereocenters. The van der Waals surface area contributed by atoms with Crippen LogP contribution in [0.2, 0.25) is 5.02 Å². The molecule has 1 heterocycles. The first kappa shape index (κ1) is 13.4. The van der Waals surface area contributed by atoms with Crippen molar-refractivity contribution in [1.29, 1.82) is 0 Å². The summed E-state index contributed by atoms with van der Waals surface area (Å²) in [5.74, 6) is 0.721. The largest absolute Gasteiger partial charge is 0.495 e. The molecule has 0 radical (unpaired) electrons. The molecule has 0 saturated heterocycles. The van der Waals surface area contributed by atoms with Gasteiger partial charge < -0.3 is 10.1 Å². The van der Waals surface area contributed by atoms with Crippen LogP contribution in [0.1, 0.15) is 11.1 Å². The van der Waals surface area contributed by atoms with Gasteiger partial charge in [-0.05, 0) is 53.1 Å². The van der Waals surface area contributed by atoms with Crippen molar-refractivity contribution in [2.75, 3.05) is 13.7 Å². The highest BCUT2D eigenvalue weighted by atomic mass is 35.5. The summed E-state index contributed by atoms with van der Waals surface area (Å²) in [6.45, 7) is 1.80. The molecular formula is C14H16ClNOS. The second kappa shape index (κ2) is 6.78. The first-order chi connectivity index (χ1) is 8.79. The molecule has 0 aliphatic heterocycles. The fourth-order valence-corrected chi connectivity index (χ4v) is 2.70. The molecular weight excluding hydrogens is 266 g/mol. The first-order valence-electron chi connectivity index (χ1n) is 5.84. The van der Waals surface area contributed by atoms with Crippen LogP contribution in [0.3, 0.4) is 0 Å². The van der Waals surface area contributed by atoms with E-state index in [1.54, 1.807) is 18.4 Å². The average molecular weight is 282 g/mol. The Kier molecular flexibility index (Phi) is 5.05. The van der Waals surface area contributed by atoms with Crippen molar-refractivity contribution < 1.29 is 4.74 Å². The smallest absolute Gasteiger partial charge is 0.137 e. The summed E-state index contributed by atoms with van der Waals surface area (Å²) >= 11 is 7.81. The minimum atomic E-state index is 0.662. The Morgan fingerprint density at radius 1 is 1.28 bits per heavy atom. The highest BCUT2D eigenvalue weighted by Crippen LogP contribution is 2.24. The molecule has 96 valence electrons. The van der Waals surface area contributed by atoms with E-state index in [0.717, 1.165) is 25.3 Å². The van der Waals surface area contributed by atoms with Crippen molar-refractivity contribution in [3.8, 4) is 5.75 Å². The molecule has 0 bridgehead atoms. The first-order valence-corrected chi connectivity index (χ1v) is 7.16. The van der Waals surface area contributed by atoms with Crippen LogP contribution in [0.15, 0.2) is 35.0 Å². The van der Waals surface area contributed by atoms with E-state index in [2.05, 4.69) is 22.1 Å². The molecule has 0 fully saturated rings. The predicted molar refractivity (Wildman–Crippen MR) is 77.7 cm³/mol. The number of thiophene rings is 1. The zero-order valence-electron chi connectivity index (χ0n) is 10.3. The Hall–Kier alpha value is -1.03. The summed E-state index contributed by atoms with van der Waals surface area (Å²) in [5, 5.41) is 8.37. The van der Waals surface area contributed by atoms with E-state index in [0.29, 0.717) is 5.02 Å². The average Bonchev–Trinajstić information content (AvgIpc) is 2.88. The molecule has 2 aromatic rings. The number of ether oxygens (including phenoxy) is 1. The minimum absolute atomic E-state index is 0.662. The van der Waals surface area contributed by atoms with Crippen molar-refractivity contribution in [1.82, 2.24) is 5.32 Å². The molecule has 0 spiro atoms. The summed E-state index contributed by atoms with van der Waals surface area (Å²) < 4.78 is 5.12. The van der Waals surface area contributed by atoms with Gasteiger partial charge in [-0.1, -0.05) is 17.7 Å². The van der Waals surface area contributed by atoms with Crippen molar-refractivity contribution in [2.45, 2.75) is 13.0 Å². The standard InChI is InChI=1S/C14H16ClNOS/c1-17-14-3-2-12(8-13(14)15)9-16-6-4-11-5-7-18-10-11/h2-3,5,7-8,10,16H,4,6,9H2,1H3. The summed E-state index contributed by atoms with van der Waals surface area (Å²) in [6, 6.07) is 8.04. The van der Waals surface area contributed by atoms with Gasteiger partial charge >= 0.3 is 0 Å². The van der Waals surface area contributed by atoms with Gasteiger partial charge in [0.05, 0.1) is 12.1 Å². The van der Waals surface area contributed by atoms with Crippen LogP contribution in [-0.2, 0) is 13.0 Å². The molecule has 0 aliphatic rings. The zero-order chi connectivity index (χ0) is 12.8. The van der Waals surface area contributed by atoms with Crippen LogP contribution in [-0.4, -0.2) is 13.7 Å². The van der Waals surface area contributed by atoms with Crippen molar-refractivity contribution in [2.24, 2.45) is 0 Å². The monoisotopic (exact) mass is 281 g/mol. The van der Waals surface area contributed by atoms with Crippen LogP contribution in [0.25, 0.3) is 0 Å². The molecule has 0 aliphatic carbocycles. The number of nitrogens with one attached hydrogen (secondary N) is 1. The quantitative estimate of drug-likeness (QED) is 0.815. The second-order valence-electron chi connectivity index (χ2n) is 4.03. The predicted octanol–water partition coefficient (Wildman–Crippen LogP) is 3.74. The Morgan fingerprint density at radius 3 is 2.83 bits per heavy atom. The van der Waals surface area contributed by atoms with Crippen LogP contribution in [0, 0.1) is 0 Å². The van der Waals surface area contributed by atoms with Crippen LogP contribution in [0.4, 0.5) is 0 Å². The number of hydrogen-bond acceptors (Lipinski definition) is 3. The third-order valence-electron chi connectivity index (χ3n) is 2.72. The SMILES string of the molecule is COc1ccc(CNCCc2ccsc2)cc1Cl. The van der Waals surface area contributed by atoms with Crippen LogP contribution >= 0.6 is 22.9 Å². The number of methoxy groups -OCH3 is 1. The molecule has 1 aromatic carbocycles. The van der Waals surface area contributed by atoms with E-state index in [1.807, 2.05) is 18.2 Å². The fourth-order valence-electron chi connectivity index (χ4n) is 1.72. The van der Waals surface area contributed by atoms with Gasteiger partial charge in [0, 0.05) is 6.54 Å². The molecule has 1 aromatic heterocycles. The summed E-state index contributed by atoms with van der Waals surface area (Å²) in [6.07, 6.45) is 1.06. The van der Waals surface area contributed by atoms with E-state index in [-0.39, 0.29) is 0 Å². The Labute approximate surface area is 117 Å². The lowest BCUT2D eigenvalue weighted by atomic mass is 10.2. The van der Waals surface area contributed by atoms with Crippen molar-refractivity contribution in [3.05, 3.63) is 51.2 Å². The van der Waals surface area contributed by atoms with Gasteiger partial charge in [-0.25, -0.2) is 0 Å². The number of rotatable bonds is 6. The maximum atomic E-state index is 6.07. The molecule has 0 amide bonds. The highest BCUT2D eigenvalue weighted by molar-refractivity contribution is 7.07. The van der Waals surface area contributed by atoms with E-state index in [4.69, 9.17) is 16.3 Å². The minimum Gasteiger partial charge on any atom is -0.495 e. The van der Waals surface area contributed by atoms with E-state index in [9.17, 15) is 0 Å². The van der Waals surface area contributed by atoms with Crippen molar-refractivity contribution in [3.63, 3.8) is 0 Å². The third kappa shape index (κ3) is 3.73. The number of benzene rings is 1. The van der Waals surface area contributed by atoms with Gasteiger partial charge in [0.25, 0.3) is 0 Å². The number of halogens is 1. The molecule has 0 saturated carbocycles. The molecule has 0 atom stereocenters. The molecule has 4 heteroatoms. The molecule has 2 rings (SSSR count). The van der Waals surface area contributed by atoms with E-state index < -0.39 is 0 Å². The third-order valence-corrected chi connectivity index (χ3v) is 3.74. The Morgan fingerprint density at radius 2 is 2.17 bits per heavy atom. The fraction of sp³-hybridized carbons (Fsp3) is 0.286. The van der Waals surface area contributed by atoms with E-state index >= 15 is 0 Å². The van der Waals surface area contributed by atoms with Gasteiger partial charge in [0.2, 0.25) is 0 Å². The second-order valence-corrected chi connectivity index (χ2v) is 5.21. The van der Waals surface area contributed by atoms with Gasteiger partial charge in [-0.2, -0.15) is 11.3 Å². The Balaban J connectivity index is 1.78. The van der Waals surface area contributed by atoms with Crippen molar-refractivity contribution >= 4 is 22.9 Å². The van der Waals surface area contributed by atoms with Gasteiger partial charge in [-0.15, -0.1) is 0 Å². The maximum absolute atomic E-state index is 6.07. The molecule has 1 N–H and O–H groups in total. The lowest BCUT2D eigenvalue weighted by Crippen LogP contribution is -2.16.